The zero-order valence-corrected chi connectivity index (χ0v) is 11.7. The number of hydrogen-bond acceptors (Lipinski definition) is 2. The van der Waals surface area contributed by atoms with Gasteiger partial charge in [-0.25, -0.2) is 0 Å². The fraction of sp³-hybridized carbons (Fsp3) is 0.562. The van der Waals surface area contributed by atoms with E-state index in [0.29, 0.717) is 5.78 Å². The molecule has 98 valence electrons. The third-order valence-electron chi connectivity index (χ3n) is 3.94. The standard InChI is InChI=1S/C16H23NO/c1-4-5-16(6-7-17-11-16)15(18)14-9-12(2)8-13(3)10-14/h8-10,17H,4-7,11H2,1-3H3. The Balaban J connectivity index is 2.33. The zero-order valence-electron chi connectivity index (χ0n) is 11.7. The molecular weight excluding hydrogens is 222 g/mol. The minimum absolute atomic E-state index is 0.158. The van der Waals surface area contributed by atoms with E-state index in [9.17, 15) is 4.79 Å². The van der Waals surface area contributed by atoms with E-state index in [4.69, 9.17) is 0 Å². The van der Waals surface area contributed by atoms with Gasteiger partial charge in [0.2, 0.25) is 0 Å². The van der Waals surface area contributed by atoms with Crippen LogP contribution in [0.15, 0.2) is 18.2 Å². The van der Waals surface area contributed by atoms with E-state index in [2.05, 4.69) is 32.2 Å². The number of carbonyl (C=O) groups is 1. The first-order valence-corrected chi connectivity index (χ1v) is 6.91. The normalized spacial score (nSPS) is 23.3. The number of benzene rings is 1. The van der Waals surface area contributed by atoms with Gasteiger partial charge in [-0.3, -0.25) is 4.79 Å². The lowest BCUT2D eigenvalue weighted by Crippen LogP contribution is -2.33. The van der Waals surface area contributed by atoms with Crippen LogP contribution in [0.5, 0.6) is 0 Å². The summed E-state index contributed by atoms with van der Waals surface area (Å²) in [5.74, 6) is 0.334. The predicted octanol–water partition coefficient (Wildman–Crippen LogP) is 3.27. The topological polar surface area (TPSA) is 29.1 Å². The molecule has 2 heteroatoms. The fourth-order valence-corrected chi connectivity index (χ4v) is 3.15. The number of hydrogen-bond donors (Lipinski definition) is 1. The lowest BCUT2D eigenvalue weighted by molar-refractivity contribution is 0.0801. The molecule has 2 nitrogen and oxygen atoms in total. The van der Waals surface area contributed by atoms with Crippen molar-refractivity contribution in [2.45, 2.75) is 40.0 Å². The first kappa shape index (κ1) is 13.3. The van der Waals surface area contributed by atoms with E-state index in [1.54, 1.807) is 0 Å². The summed E-state index contributed by atoms with van der Waals surface area (Å²) in [5.41, 5.74) is 3.09. The molecule has 0 aromatic heterocycles. The van der Waals surface area contributed by atoms with Gasteiger partial charge in [-0.1, -0.05) is 30.5 Å². The molecule has 1 unspecified atom stereocenters. The van der Waals surface area contributed by atoms with Crippen LogP contribution in [0.1, 0.15) is 47.7 Å². The maximum absolute atomic E-state index is 12.8. The average Bonchev–Trinajstić information content (AvgIpc) is 2.77. The van der Waals surface area contributed by atoms with Crippen molar-refractivity contribution in [1.29, 1.82) is 0 Å². The third kappa shape index (κ3) is 2.49. The number of rotatable bonds is 4. The van der Waals surface area contributed by atoms with Crippen LogP contribution in [0.4, 0.5) is 0 Å². The monoisotopic (exact) mass is 245 g/mol. The van der Waals surface area contributed by atoms with E-state index < -0.39 is 0 Å². The third-order valence-corrected chi connectivity index (χ3v) is 3.94. The Morgan fingerprint density at radius 3 is 2.44 bits per heavy atom. The highest BCUT2D eigenvalue weighted by atomic mass is 16.1. The summed E-state index contributed by atoms with van der Waals surface area (Å²) in [6.07, 6.45) is 3.04. The molecular formula is C16H23NO. The van der Waals surface area contributed by atoms with Crippen LogP contribution in [0.2, 0.25) is 0 Å². The van der Waals surface area contributed by atoms with Crippen molar-refractivity contribution in [3.8, 4) is 0 Å². The second-order valence-electron chi connectivity index (χ2n) is 5.66. The molecule has 0 radical (unpaired) electrons. The minimum Gasteiger partial charge on any atom is -0.316 e. The van der Waals surface area contributed by atoms with Crippen molar-refractivity contribution >= 4 is 5.78 Å². The van der Waals surface area contributed by atoms with E-state index in [1.807, 2.05) is 12.1 Å². The molecule has 0 aliphatic carbocycles. The van der Waals surface area contributed by atoms with Gasteiger partial charge in [-0.05, 0) is 45.4 Å². The lowest BCUT2D eigenvalue weighted by atomic mass is 9.75. The Morgan fingerprint density at radius 2 is 1.94 bits per heavy atom. The summed E-state index contributed by atoms with van der Waals surface area (Å²) in [6.45, 7) is 8.09. The van der Waals surface area contributed by atoms with Gasteiger partial charge in [0.25, 0.3) is 0 Å². The molecule has 0 amide bonds. The Hall–Kier alpha value is -1.15. The van der Waals surface area contributed by atoms with Crippen molar-refractivity contribution in [2.24, 2.45) is 5.41 Å². The Morgan fingerprint density at radius 1 is 1.28 bits per heavy atom. The van der Waals surface area contributed by atoms with E-state index in [1.165, 1.54) is 11.1 Å². The molecule has 1 aromatic carbocycles. The summed E-state index contributed by atoms with van der Waals surface area (Å²) in [5, 5.41) is 3.36. The smallest absolute Gasteiger partial charge is 0.170 e. The van der Waals surface area contributed by atoms with Gasteiger partial charge in [-0.15, -0.1) is 0 Å². The molecule has 18 heavy (non-hydrogen) atoms. The molecule has 0 saturated carbocycles. The molecule has 0 bridgehead atoms. The first-order valence-electron chi connectivity index (χ1n) is 6.91. The molecule has 1 aliphatic heterocycles. The largest absolute Gasteiger partial charge is 0.316 e. The van der Waals surface area contributed by atoms with Gasteiger partial charge in [0.05, 0.1) is 0 Å². The molecule has 1 heterocycles. The average molecular weight is 245 g/mol. The van der Waals surface area contributed by atoms with Crippen molar-refractivity contribution < 1.29 is 4.79 Å². The number of aryl methyl sites for hydroxylation is 2. The molecule has 1 fully saturated rings. The summed E-state index contributed by atoms with van der Waals surface area (Å²) >= 11 is 0. The summed E-state index contributed by atoms with van der Waals surface area (Å²) in [4.78, 5) is 12.8. The lowest BCUT2D eigenvalue weighted by Gasteiger charge is -2.26. The number of ketones is 1. The van der Waals surface area contributed by atoms with Crippen LogP contribution < -0.4 is 5.32 Å². The van der Waals surface area contributed by atoms with Crippen molar-refractivity contribution in [3.63, 3.8) is 0 Å². The zero-order chi connectivity index (χ0) is 13.2. The SMILES string of the molecule is CCCC1(C(=O)c2cc(C)cc(C)c2)CCNC1. The molecule has 1 aromatic rings. The second-order valence-corrected chi connectivity index (χ2v) is 5.66. The van der Waals surface area contributed by atoms with E-state index >= 15 is 0 Å². The Kier molecular flexibility index (Phi) is 3.86. The predicted molar refractivity (Wildman–Crippen MR) is 75.1 cm³/mol. The number of Topliss-reactive ketones (excluding diaryl/α,β-unsaturated/α-hetero) is 1. The van der Waals surface area contributed by atoms with Crippen LogP contribution in [-0.2, 0) is 0 Å². The van der Waals surface area contributed by atoms with Crippen molar-refractivity contribution in [2.75, 3.05) is 13.1 Å². The van der Waals surface area contributed by atoms with Crippen LogP contribution in [0.25, 0.3) is 0 Å². The van der Waals surface area contributed by atoms with Crippen LogP contribution >= 0.6 is 0 Å². The van der Waals surface area contributed by atoms with Crippen LogP contribution in [0.3, 0.4) is 0 Å². The van der Waals surface area contributed by atoms with Crippen LogP contribution in [-0.4, -0.2) is 18.9 Å². The second kappa shape index (κ2) is 5.23. The number of nitrogens with one attached hydrogen (secondary N) is 1. The van der Waals surface area contributed by atoms with Gasteiger partial charge in [0, 0.05) is 17.5 Å². The van der Waals surface area contributed by atoms with Crippen molar-refractivity contribution in [1.82, 2.24) is 5.32 Å². The van der Waals surface area contributed by atoms with Gasteiger partial charge >= 0.3 is 0 Å². The van der Waals surface area contributed by atoms with Crippen LogP contribution in [0, 0.1) is 19.3 Å². The van der Waals surface area contributed by atoms with Gasteiger partial charge < -0.3 is 5.32 Å². The molecule has 1 atom stereocenters. The highest BCUT2D eigenvalue weighted by molar-refractivity contribution is 6.01. The fourth-order valence-electron chi connectivity index (χ4n) is 3.15. The van der Waals surface area contributed by atoms with Gasteiger partial charge in [0.15, 0.2) is 5.78 Å². The van der Waals surface area contributed by atoms with Crippen molar-refractivity contribution in [3.05, 3.63) is 34.9 Å². The number of carbonyl (C=O) groups excluding carboxylic acids is 1. The summed E-state index contributed by atoms with van der Waals surface area (Å²) in [6, 6.07) is 6.19. The summed E-state index contributed by atoms with van der Waals surface area (Å²) < 4.78 is 0. The maximum atomic E-state index is 12.8. The van der Waals surface area contributed by atoms with Gasteiger partial charge in [0.1, 0.15) is 0 Å². The highest BCUT2D eigenvalue weighted by Gasteiger charge is 2.40. The van der Waals surface area contributed by atoms with E-state index in [-0.39, 0.29) is 5.41 Å². The molecule has 2 rings (SSSR count). The maximum Gasteiger partial charge on any atom is 0.170 e. The summed E-state index contributed by atoms with van der Waals surface area (Å²) in [7, 11) is 0. The molecule has 1 saturated heterocycles. The Labute approximate surface area is 110 Å². The Bertz CT molecular complexity index is 424. The molecule has 0 spiro atoms. The minimum atomic E-state index is -0.158. The molecule has 1 aliphatic rings. The van der Waals surface area contributed by atoms with E-state index in [0.717, 1.165) is 37.9 Å². The highest BCUT2D eigenvalue weighted by Crippen LogP contribution is 2.35. The van der Waals surface area contributed by atoms with Gasteiger partial charge in [-0.2, -0.15) is 0 Å². The molecule has 1 N–H and O–H groups in total. The quantitative estimate of drug-likeness (QED) is 0.825. The first-order chi connectivity index (χ1) is 8.57.